The minimum atomic E-state index is -0.714. The van der Waals surface area contributed by atoms with Crippen LogP contribution in [0.4, 0.5) is 4.79 Å². The molecule has 3 unspecified atom stereocenters. The molecule has 0 saturated carbocycles. The third kappa shape index (κ3) is 2.10. The molecular weight excluding hydrogens is 172 g/mol. The van der Waals surface area contributed by atoms with Gasteiger partial charge in [0.15, 0.2) is 0 Å². The molecule has 2 amide bonds. The molecule has 1 aliphatic rings. The van der Waals surface area contributed by atoms with Gasteiger partial charge in [0, 0.05) is 6.61 Å². The van der Waals surface area contributed by atoms with E-state index in [1.165, 1.54) is 0 Å². The van der Waals surface area contributed by atoms with Gasteiger partial charge in [-0.05, 0) is 20.3 Å². The molecule has 0 bridgehead atoms. The van der Waals surface area contributed by atoms with Gasteiger partial charge >= 0.3 is 6.03 Å². The Labute approximate surface area is 77.2 Å². The number of aliphatic hydroxyl groups is 1. The van der Waals surface area contributed by atoms with Gasteiger partial charge in [-0.2, -0.15) is 0 Å². The third-order valence-electron chi connectivity index (χ3n) is 2.51. The van der Waals surface area contributed by atoms with Crippen LogP contribution in [-0.2, 0) is 4.74 Å². The van der Waals surface area contributed by atoms with Crippen LogP contribution in [0.2, 0.25) is 0 Å². The van der Waals surface area contributed by atoms with Crippen molar-refractivity contribution in [2.24, 2.45) is 5.73 Å². The van der Waals surface area contributed by atoms with Crippen LogP contribution in [-0.4, -0.2) is 35.5 Å². The average Bonchev–Trinajstić information content (AvgIpc) is 1.99. The predicted octanol–water partition coefficient (Wildman–Crippen LogP) is -0.417. The summed E-state index contributed by atoms with van der Waals surface area (Å²) in [4.78, 5) is 10.7. The van der Waals surface area contributed by atoms with Crippen molar-refractivity contribution in [1.82, 2.24) is 5.32 Å². The lowest BCUT2D eigenvalue weighted by molar-refractivity contribution is -0.108. The van der Waals surface area contributed by atoms with Gasteiger partial charge in [0.2, 0.25) is 0 Å². The molecule has 0 aromatic heterocycles. The molecular formula is C8H16N2O3. The van der Waals surface area contributed by atoms with Crippen molar-refractivity contribution in [2.45, 2.75) is 38.0 Å². The van der Waals surface area contributed by atoms with Crippen LogP contribution in [0.25, 0.3) is 0 Å². The van der Waals surface area contributed by atoms with Gasteiger partial charge in [-0.3, -0.25) is 0 Å². The fourth-order valence-electron chi connectivity index (χ4n) is 1.63. The van der Waals surface area contributed by atoms with Crippen LogP contribution in [0.3, 0.4) is 0 Å². The summed E-state index contributed by atoms with van der Waals surface area (Å²) >= 11 is 0. The van der Waals surface area contributed by atoms with Crippen LogP contribution < -0.4 is 11.1 Å². The van der Waals surface area contributed by atoms with Gasteiger partial charge in [-0.1, -0.05) is 0 Å². The Hall–Kier alpha value is -0.810. The van der Waals surface area contributed by atoms with E-state index in [4.69, 9.17) is 10.5 Å². The first-order valence-corrected chi connectivity index (χ1v) is 4.33. The first-order valence-electron chi connectivity index (χ1n) is 4.33. The summed E-state index contributed by atoms with van der Waals surface area (Å²) in [5, 5.41) is 12.3. The molecule has 1 rings (SSSR count). The number of amides is 2. The highest BCUT2D eigenvalue weighted by Crippen LogP contribution is 2.24. The van der Waals surface area contributed by atoms with E-state index >= 15 is 0 Å². The second kappa shape index (κ2) is 3.51. The zero-order valence-electron chi connectivity index (χ0n) is 7.91. The van der Waals surface area contributed by atoms with E-state index in [2.05, 4.69) is 5.32 Å². The molecule has 0 spiro atoms. The summed E-state index contributed by atoms with van der Waals surface area (Å²) in [7, 11) is 0. The van der Waals surface area contributed by atoms with Crippen LogP contribution in [0.1, 0.15) is 20.3 Å². The van der Waals surface area contributed by atoms with Gasteiger partial charge in [0.25, 0.3) is 0 Å². The number of carbonyl (C=O) groups excluding carboxylic acids is 1. The lowest BCUT2D eigenvalue weighted by atomic mass is 9.86. The number of hydrogen-bond donors (Lipinski definition) is 3. The predicted molar refractivity (Wildman–Crippen MR) is 47.2 cm³/mol. The highest BCUT2D eigenvalue weighted by atomic mass is 16.5. The number of nitrogens with two attached hydrogens (primary N) is 1. The number of primary amides is 1. The molecule has 0 aromatic rings. The maximum absolute atomic E-state index is 10.7. The Kier molecular flexibility index (Phi) is 2.77. The molecule has 0 aliphatic carbocycles. The molecule has 76 valence electrons. The number of ether oxygens (including phenoxy) is 1. The van der Waals surface area contributed by atoms with E-state index in [1.54, 1.807) is 13.8 Å². The molecule has 1 saturated heterocycles. The van der Waals surface area contributed by atoms with Crippen molar-refractivity contribution in [2.75, 3.05) is 6.61 Å². The Bertz CT molecular complexity index is 210. The average molecular weight is 188 g/mol. The zero-order valence-corrected chi connectivity index (χ0v) is 7.91. The lowest BCUT2D eigenvalue weighted by Crippen LogP contribution is -2.62. The van der Waals surface area contributed by atoms with Gasteiger partial charge < -0.3 is 20.9 Å². The smallest absolute Gasteiger partial charge is 0.312 e. The molecule has 0 radical (unpaired) electrons. The maximum atomic E-state index is 10.7. The zero-order chi connectivity index (χ0) is 10.1. The molecule has 0 aromatic carbocycles. The Balaban J connectivity index is 2.69. The summed E-state index contributed by atoms with van der Waals surface area (Å²) in [5.41, 5.74) is 4.35. The van der Waals surface area contributed by atoms with Crippen molar-refractivity contribution in [1.29, 1.82) is 0 Å². The van der Waals surface area contributed by atoms with Crippen LogP contribution in [0.5, 0.6) is 0 Å². The van der Waals surface area contributed by atoms with Crippen molar-refractivity contribution in [3.8, 4) is 0 Å². The Morgan fingerprint density at radius 1 is 1.77 bits per heavy atom. The fourth-order valence-corrected chi connectivity index (χ4v) is 1.63. The minimum Gasteiger partial charge on any atom is -0.388 e. The quantitative estimate of drug-likeness (QED) is 0.522. The monoisotopic (exact) mass is 188 g/mol. The number of rotatable bonds is 1. The number of hydrogen-bond acceptors (Lipinski definition) is 3. The SMILES string of the molecule is CC1OCCC(C)(NC(N)=O)C1O. The van der Waals surface area contributed by atoms with Gasteiger partial charge in [-0.25, -0.2) is 4.79 Å². The van der Waals surface area contributed by atoms with Gasteiger partial charge in [-0.15, -0.1) is 0 Å². The highest BCUT2D eigenvalue weighted by molar-refractivity contribution is 5.72. The second-order valence-corrected chi connectivity index (χ2v) is 3.68. The highest BCUT2D eigenvalue weighted by Gasteiger charge is 2.41. The van der Waals surface area contributed by atoms with Crippen LogP contribution >= 0.6 is 0 Å². The third-order valence-corrected chi connectivity index (χ3v) is 2.51. The fraction of sp³-hybridized carbons (Fsp3) is 0.875. The van der Waals surface area contributed by atoms with E-state index in [-0.39, 0.29) is 6.10 Å². The largest absolute Gasteiger partial charge is 0.388 e. The Morgan fingerprint density at radius 2 is 2.38 bits per heavy atom. The number of aliphatic hydroxyl groups excluding tert-OH is 1. The standard InChI is InChI=1S/C8H16N2O3/c1-5-6(11)8(2,3-4-13-5)10-7(9)12/h5-6,11H,3-4H2,1-2H3,(H3,9,10,12). The van der Waals surface area contributed by atoms with Crippen molar-refractivity contribution >= 4 is 6.03 Å². The van der Waals surface area contributed by atoms with Crippen LogP contribution in [0, 0.1) is 0 Å². The molecule has 4 N–H and O–H groups in total. The normalized spacial score (nSPS) is 39.9. The molecule has 1 fully saturated rings. The lowest BCUT2D eigenvalue weighted by Gasteiger charge is -2.41. The molecule has 1 aliphatic heterocycles. The van der Waals surface area contributed by atoms with Crippen molar-refractivity contribution in [3.63, 3.8) is 0 Å². The van der Waals surface area contributed by atoms with Crippen molar-refractivity contribution in [3.05, 3.63) is 0 Å². The van der Waals surface area contributed by atoms with Gasteiger partial charge in [0.05, 0.1) is 11.6 Å². The number of nitrogens with one attached hydrogen (secondary N) is 1. The Morgan fingerprint density at radius 3 is 2.92 bits per heavy atom. The molecule has 3 atom stereocenters. The van der Waals surface area contributed by atoms with Crippen LogP contribution in [0.15, 0.2) is 0 Å². The van der Waals surface area contributed by atoms with E-state index in [1.807, 2.05) is 0 Å². The summed E-state index contributed by atoms with van der Waals surface area (Å²) in [6.07, 6.45) is -0.416. The molecule has 5 heteroatoms. The van der Waals surface area contributed by atoms with Crippen molar-refractivity contribution < 1.29 is 14.6 Å². The molecule has 5 nitrogen and oxygen atoms in total. The summed E-state index contributed by atoms with van der Waals surface area (Å²) < 4.78 is 5.22. The van der Waals surface area contributed by atoms with E-state index in [0.717, 1.165) is 0 Å². The second-order valence-electron chi connectivity index (χ2n) is 3.68. The van der Waals surface area contributed by atoms with Gasteiger partial charge in [0.1, 0.15) is 6.10 Å². The minimum absolute atomic E-state index is 0.273. The topological polar surface area (TPSA) is 84.6 Å². The summed E-state index contributed by atoms with van der Waals surface area (Å²) in [6, 6.07) is -0.615. The first-order chi connectivity index (χ1) is 5.96. The number of urea groups is 1. The summed E-state index contributed by atoms with van der Waals surface area (Å²) in [5.74, 6) is 0. The molecule has 1 heterocycles. The van der Waals surface area contributed by atoms with E-state index in [0.29, 0.717) is 13.0 Å². The number of carbonyl (C=O) groups is 1. The first kappa shape index (κ1) is 10.3. The van der Waals surface area contributed by atoms with E-state index in [9.17, 15) is 9.90 Å². The molecule has 13 heavy (non-hydrogen) atoms. The maximum Gasteiger partial charge on any atom is 0.312 e. The van der Waals surface area contributed by atoms with E-state index < -0.39 is 17.7 Å². The summed E-state index contributed by atoms with van der Waals surface area (Å²) in [6.45, 7) is 4.06.